The Hall–Kier alpha value is -1.70. The summed E-state index contributed by atoms with van der Waals surface area (Å²) in [7, 11) is 0. The highest BCUT2D eigenvalue weighted by Crippen LogP contribution is 2.28. The molecule has 2 aromatic rings. The Bertz CT molecular complexity index is 667. The number of aromatic nitrogens is 2. The average molecular weight is 318 g/mol. The Kier molecular flexibility index (Phi) is 4.46. The fourth-order valence-corrected chi connectivity index (χ4v) is 2.67. The minimum atomic E-state index is -4.27. The number of thioether (sulfide) groups is 1. The normalized spacial score (nSPS) is 12.0. The molecule has 0 fully saturated rings. The van der Waals surface area contributed by atoms with Crippen molar-refractivity contribution in [3.8, 4) is 0 Å². The van der Waals surface area contributed by atoms with Gasteiger partial charge in [-0.1, -0.05) is 17.8 Å². The number of hydrogen-bond acceptors (Lipinski definition) is 3. The number of alkyl halides is 3. The summed E-state index contributed by atoms with van der Waals surface area (Å²) in [5.74, 6) is -1.28. The molecule has 21 heavy (non-hydrogen) atoms. The number of imidazole rings is 1. The quantitative estimate of drug-likeness (QED) is 0.858. The van der Waals surface area contributed by atoms with Gasteiger partial charge in [0.05, 0.1) is 23.2 Å². The monoisotopic (exact) mass is 318 g/mol. The largest absolute Gasteiger partial charge is 0.481 e. The van der Waals surface area contributed by atoms with Gasteiger partial charge in [-0.05, 0) is 24.6 Å². The molecule has 0 radical (unpaired) electrons. The molecule has 0 aliphatic heterocycles. The van der Waals surface area contributed by atoms with Crippen molar-refractivity contribution >= 4 is 28.8 Å². The molecule has 0 spiro atoms. The lowest BCUT2D eigenvalue weighted by molar-refractivity contribution is -0.137. The van der Waals surface area contributed by atoms with Gasteiger partial charge in [0, 0.05) is 6.54 Å². The first-order chi connectivity index (χ1) is 9.76. The molecule has 0 aliphatic carbocycles. The SMILES string of the molecule is Cc1ccc2c(c1)nc(SCC(=O)O)n2CCC(F)(F)F. The van der Waals surface area contributed by atoms with Crippen LogP contribution in [0.2, 0.25) is 0 Å². The number of aryl methyl sites for hydroxylation is 2. The van der Waals surface area contributed by atoms with Crippen molar-refractivity contribution in [2.75, 3.05) is 5.75 Å². The third-order valence-electron chi connectivity index (χ3n) is 2.81. The van der Waals surface area contributed by atoms with Crippen LogP contribution in [-0.2, 0) is 11.3 Å². The van der Waals surface area contributed by atoms with E-state index in [-0.39, 0.29) is 12.3 Å². The molecule has 0 saturated carbocycles. The Morgan fingerprint density at radius 1 is 1.43 bits per heavy atom. The van der Waals surface area contributed by atoms with E-state index in [4.69, 9.17) is 5.11 Å². The summed E-state index contributed by atoms with van der Waals surface area (Å²) >= 11 is 0.922. The van der Waals surface area contributed by atoms with Crippen LogP contribution in [0.5, 0.6) is 0 Å². The van der Waals surface area contributed by atoms with Crippen LogP contribution in [0.4, 0.5) is 13.2 Å². The molecule has 1 heterocycles. The summed E-state index contributed by atoms with van der Waals surface area (Å²) in [6.45, 7) is 1.59. The first-order valence-electron chi connectivity index (χ1n) is 6.14. The third kappa shape index (κ3) is 4.13. The summed E-state index contributed by atoms with van der Waals surface area (Å²) in [6.07, 6.45) is -5.25. The molecule has 2 rings (SSSR count). The number of benzene rings is 1. The number of hydrogen-bond donors (Lipinski definition) is 1. The molecular weight excluding hydrogens is 305 g/mol. The Morgan fingerprint density at radius 3 is 2.76 bits per heavy atom. The number of aliphatic carboxylic acids is 1. The van der Waals surface area contributed by atoms with Gasteiger partial charge in [-0.15, -0.1) is 0 Å². The van der Waals surface area contributed by atoms with E-state index in [0.717, 1.165) is 17.3 Å². The highest BCUT2D eigenvalue weighted by Gasteiger charge is 2.27. The zero-order valence-corrected chi connectivity index (χ0v) is 12.0. The van der Waals surface area contributed by atoms with Crippen LogP contribution in [0.3, 0.4) is 0 Å². The van der Waals surface area contributed by atoms with E-state index < -0.39 is 18.6 Å². The number of rotatable bonds is 5. The highest BCUT2D eigenvalue weighted by atomic mass is 32.2. The van der Waals surface area contributed by atoms with E-state index in [1.165, 1.54) is 4.57 Å². The van der Waals surface area contributed by atoms with Gasteiger partial charge >= 0.3 is 12.1 Å². The van der Waals surface area contributed by atoms with Gasteiger partial charge in [-0.2, -0.15) is 13.2 Å². The predicted octanol–water partition coefficient (Wildman–Crippen LogP) is 3.47. The van der Waals surface area contributed by atoms with Crippen LogP contribution in [0, 0.1) is 6.92 Å². The average Bonchev–Trinajstić information content (AvgIpc) is 2.69. The molecule has 1 N–H and O–H groups in total. The van der Waals surface area contributed by atoms with Crippen molar-refractivity contribution in [2.24, 2.45) is 0 Å². The smallest absolute Gasteiger partial charge is 0.390 e. The molecule has 0 amide bonds. The standard InChI is InChI=1S/C13H13F3N2O2S/c1-8-2-3-10-9(6-8)17-12(21-7-11(19)20)18(10)5-4-13(14,15)16/h2-3,6H,4-5,7H2,1H3,(H,19,20). The fraction of sp³-hybridized carbons (Fsp3) is 0.385. The lowest BCUT2D eigenvalue weighted by atomic mass is 10.2. The lowest BCUT2D eigenvalue weighted by Crippen LogP contribution is -2.13. The maximum Gasteiger partial charge on any atom is 0.390 e. The van der Waals surface area contributed by atoms with Crippen LogP contribution in [0.1, 0.15) is 12.0 Å². The predicted molar refractivity (Wildman–Crippen MR) is 73.5 cm³/mol. The maximum atomic E-state index is 12.4. The second-order valence-electron chi connectivity index (χ2n) is 4.59. The molecule has 1 aromatic carbocycles. The lowest BCUT2D eigenvalue weighted by Gasteiger charge is -2.10. The minimum Gasteiger partial charge on any atom is -0.481 e. The first-order valence-corrected chi connectivity index (χ1v) is 7.13. The number of carboxylic acid groups (broad SMARTS) is 1. The number of carboxylic acids is 1. The second kappa shape index (κ2) is 5.97. The molecule has 0 bridgehead atoms. The van der Waals surface area contributed by atoms with E-state index in [1.807, 2.05) is 6.92 Å². The second-order valence-corrected chi connectivity index (χ2v) is 5.53. The molecule has 0 unspecified atom stereocenters. The van der Waals surface area contributed by atoms with Crippen molar-refractivity contribution in [1.29, 1.82) is 0 Å². The number of fused-ring (bicyclic) bond motifs is 1. The van der Waals surface area contributed by atoms with Gasteiger partial charge in [0.2, 0.25) is 0 Å². The molecule has 114 valence electrons. The number of halogens is 3. The third-order valence-corrected chi connectivity index (χ3v) is 3.77. The summed E-state index contributed by atoms with van der Waals surface area (Å²) in [4.78, 5) is 14.9. The highest BCUT2D eigenvalue weighted by molar-refractivity contribution is 7.99. The minimum absolute atomic E-state index is 0.242. The van der Waals surface area contributed by atoms with Gasteiger partial charge in [-0.25, -0.2) is 4.98 Å². The Labute approximate surface area is 123 Å². The van der Waals surface area contributed by atoms with Crippen LogP contribution in [0.25, 0.3) is 11.0 Å². The molecule has 0 aliphatic rings. The van der Waals surface area contributed by atoms with Crippen molar-refractivity contribution in [2.45, 2.75) is 31.2 Å². The van der Waals surface area contributed by atoms with E-state index in [9.17, 15) is 18.0 Å². The first kappa shape index (κ1) is 15.7. The van der Waals surface area contributed by atoms with Gasteiger partial charge in [0.15, 0.2) is 5.16 Å². The Morgan fingerprint density at radius 2 is 2.14 bits per heavy atom. The number of nitrogens with zero attached hydrogens (tertiary/aromatic N) is 2. The van der Waals surface area contributed by atoms with Gasteiger partial charge in [0.1, 0.15) is 0 Å². The van der Waals surface area contributed by atoms with E-state index >= 15 is 0 Å². The Balaban J connectivity index is 2.36. The van der Waals surface area contributed by atoms with E-state index in [0.29, 0.717) is 16.2 Å². The van der Waals surface area contributed by atoms with Crippen LogP contribution in [0.15, 0.2) is 23.4 Å². The molecule has 4 nitrogen and oxygen atoms in total. The topological polar surface area (TPSA) is 55.1 Å². The summed E-state index contributed by atoms with van der Waals surface area (Å²) in [6, 6.07) is 5.27. The summed E-state index contributed by atoms with van der Waals surface area (Å²) in [5, 5.41) is 9.00. The summed E-state index contributed by atoms with van der Waals surface area (Å²) < 4.78 is 38.7. The molecular formula is C13H13F3N2O2S. The van der Waals surface area contributed by atoms with Gasteiger partial charge in [-0.3, -0.25) is 4.79 Å². The van der Waals surface area contributed by atoms with Crippen molar-refractivity contribution < 1.29 is 23.1 Å². The maximum absolute atomic E-state index is 12.4. The van der Waals surface area contributed by atoms with Gasteiger partial charge < -0.3 is 9.67 Å². The van der Waals surface area contributed by atoms with Crippen molar-refractivity contribution in [1.82, 2.24) is 9.55 Å². The zero-order valence-electron chi connectivity index (χ0n) is 11.1. The van der Waals surface area contributed by atoms with E-state index in [1.54, 1.807) is 18.2 Å². The van der Waals surface area contributed by atoms with E-state index in [2.05, 4.69) is 4.98 Å². The molecule has 0 saturated heterocycles. The molecule has 1 aromatic heterocycles. The molecule has 0 atom stereocenters. The van der Waals surface area contributed by atoms with Crippen LogP contribution >= 0.6 is 11.8 Å². The van der Waals surface area contributed by atoms with Crippen molar-refractivity contribution in [3.63, 3.8) is 0 Å². The summed E-state index contributed by atoms with van der Waals surface area (Å²) in [5.41, 5.74) is 2.10. The van der Waals surface area contributed by atoms with Crippen molar-refractivity contribution in [3.05, 3.63) is 23.8 Å². The van der Waals surface area contributed by atoms with Gasteiger partial charge in [0.25, 0.3) is 0 Å². The number of carbonyl (C=O) groups is 1. The zero-order chi connectivity index (χ0) is 15.6. The molecule has 8 heteroatoms. The van der Waals surface area contributed by atoms with Crippen LogP contribution < -0.4 is 0 Å². The fourth-order valence-electron chi connectivity index (χ4n) is 1.91. The van der Waals surface area contributed by atoms with Crippen LogP contribution in [-0.4, -0.2) is 32.6 Å².